The molecule has 0 aliphatic carbocycles. The predicted molar refractivity (Wildman–Crippen MR) is 73.0 cm³/mol. The molecule has 0 aromatic carbocycles. The van der Waals surface area contributed by atoms with Crippen molar-refractivity contribution in [2.24, 2.45) is 5.92 Å². The Labute approximate surface area is 118 Å². The molecule has 1 saturated heterocycles. The van der Waals surface area contributed by atoms with Crippen molar-refractivity contribution in [1.29, 1.82) is 0 Å². The van der Waals surface area contributed by atoms with Crippen LogP contribution in [0, 0.1) is 5.92 Å². The van der Waals surface area contributed by atoms with Crippen molar-refractivity contribution in [2.45, 2.75) is 19.4 Å². The Balaban J connectivity index is 1.87. The van der Waals surface area contributed by atoms with E-state index in [1.807, 2.05) is 12.1 Å². The molecule has 108 valence electrons. The van der Waals surface area contributed by atoms with Gasteiger partial charge in [0.25, 0.3) is 0 Å². The van der Waals surface area contributed by atoms with Gasteiger partial charge in [-0.1, -0.05) is 6.07 Å². The summed E-state index contributed by atoms with van der Waals surface area (Å²) in [5, 5.41) is 8.95. The highest BCUT2D eigenvalue weighted by atomic mass is 16.4. The lowest BCUT2D eigenvalue weighted by Gasteiger charge is -2.33. The molecule has 1 aliphatic heterocycles. The van der Waals surface area contributed by atoms with Crippen molar-refractivity contribution >= 4 is 12.0 Å². The molecule has 6 heteroatoms. The van der Waals surface area contributed by atoms with Crippen LogP contribution in [0.25, 0.3) is 0 Å². The number of aliphatic carboxylic acids is 1. The number of nitrogens with zero attached hydrogens (tertiary/aromatic N) is 3. The fourth-order valence-electron chi connectivity index (χ4n) is 2.39. The van der Waals surface area contributed by atoms with Crippen LogP contribution in [0.3, 0.4) is 0 Å². The van der Waals surface area contributed by atoms with E-state index in [9.17, 15) is 9.59 Å². The first-order valence-electron chi connectivity index (χ1n) is 6.69. The van der Waals surface area contributed by atoms with Crippen LogP contribution in [-0.4, -0.2) is 52.0 Å². The van der Waals surface area contributed by atoms with E-state index in [0.29, 0.717) is 32.5 Å². The molecule has 2 heterocycles. The highest BCUT2D eigenvalue weighted by Gasteiger charge is 2.28. The van der Waals surface area contributed by atoms with Gasteiger partial charge < -0.3 is 14.9 Å². The number of hydrogen-bond donors (Lipinski definition) is 1. The summed E-state index contributed by atoms with van der Waals surface area (Å²) in [7, 11) is 1.75. The van der Waals surface area contributed by atoms with Crippen LogP contribution in [0.2, 0.25) is 0 Å². The number of carboxylic acids is 1. The minimum atomic E-state index is -0.763. The van der Waals surface area contributed by atoms with Gasteiger partial charge in [-0.15, -0.1) is 0 Å². The number of carbonyl (C=O) groups is 2. The minimum Gasteiger partial charge on any atom is -0.481 e. The number of pyridine rings is 1. The summed E-state index contributed by atoms with van der Waals surface area (Å²) in [6, 6.07) is 3.71. The maximum atomic E-state index is 12.3. The number of hydrogen-bond acceptors (Lipinski definition) is 3. The molecule has 2 rings (SSSR count). The summed E-state index contributed by atoms with van der Waals surface area (Å²) in [5.74, 6) is -1.08. The number of aromatic nitrogens is 1. The third-order valence-corrected chi connectivity index (χ3v) is 3.58. The number of rotatable bonds is 3. The quantitative estimate of drug-likeness (QED) is 0.907. The van der Waals surface area contributed by atoms with E-state index >= 15 is 0 Å². The second-order valence-electron chi connectivity index (χ2n) is 5.10. The molecule has 0 saturated carbocycles. The van der Waals surface area contributed by atoms with Gasteiger partial charge in [-0.2, -0.15) is 0 Å². The number of piperidine rings is 1. The van der Waals surface area contributed by atoms with Gasteiger partial charge in [-0.05, 0) is 24.5 Å². The third-order valence-electron chi connectivity index (χ3n) is 3.58. The Kier molecular flexibility index (Phi) is 4.55. The molecule has 1 aromatic heterocycles. The fraction of sp³-hybridized carbons (Fsp3) is 0.500. The van der Waals surface area contributed by atoms with Crippen molar-refractivity contribution in [1.82, 2.24) is 14.8 Å². The van der Waals surface area contributed by atoms with Crippen molar-refractivity contribution < 1.29 is 14.7 Å². The monoisotopic (exact) mass is 277 g/mol. The lowest BCUT2D eigenvalue weighted by molar-refractivity contribution is -0.143. The van der Waals surface area contributed by atoms with Gasteiger partial charge >= 0.3 is 12.0 Å². The van der Waals surface area contributed by atoms with Crippen LogP contribution in [-0.2, 0) is 11.3 Å². The predicted octanol–water partition coefficient (Wildman–Crippen LogP) is 1.43. The van der Waals surface area contributed by atoms with Crippen molar-refractivity contribution in [3.63, 3.8) is 0 Å². The Morgan fingerprint density at radius 1 is 1.45 bits per heavy atom. The van der Waals surface area contributed by atoms with Gasteiger partial charge in [0.1, 0.15) is 0 Å². The topological polar surface area (TPSA) is 73.7 Å². The molecule has 1 N–H and O–H groups in total. The summed E-state index contributed by atoms with van der Waals surface area (Å²) in [4.78, 5) is 30.5. The van der Waals surface area contributed by atoms with Gasteiger partial charge in [0, 0.05) is 39.1 Å². The second kappa shape index (κ2) is 6.36. The molecule has 0 radical (unpaired) electrons. The van der Waals surface area contributed by atoms with Gasteiger partial charge in [0.15, 0.2) is 0 Å². The first-order chi connectivity index (χ1) is 9.58. The standard InChI is InChI=1S/C14H19N3O3/c1-16(10-11-3-2-6-15-9-11)14(20)17-7-4-12(5-8-17)13(18)19/h2-3,6,9,12H,4-5,7-8,10H2,1H3,(H,18,19). The molecule has 0 atom stereocenters. The van der Waals surface area contributed by atoms with Crippen molar-refractivity contribution in [3.05, 3.63) is 30.1 Å². The average Bonchev–Trinajstić information content (AvgIpc) is 2.47. The van der Waals surface area contributed by atoms with Crippen LogP contribution in [0.1, 0.15) is 18.4 Å². The smallest absolute Gasteiger partial charge is 0.320 e. The molecular formula is C14H19N3O3. The molecule has 0 bridgehead atoms. The van der Waals surface area contributed by atoms with Crippen molar-refractivity contribution in [3.8, 4) is 0 Å². The minimum absolute atomic E-state index is 0.0577. The zero-order valence-electron chi connectivity index (χ0n) is 11.5. The third kappa shape index (κ3) is 3.46. The number of urea groups is 1. The van der Waals surface area contributed by atoms with E-state index in [-0.39, 0.29) is 11.9 Å². The molecular weight excluding hydrogens is 258 g/mol. The van der Waals surface area contributed by atoms with E-state index in [1.54, 1.807) is 29.2 Å². The number of likely N-dealkylation sites (tertiary alicyclic amines) is 1. The fourth-order valence-corrected chi connectivity index (χ4v) is 2.39. The molecule has 0 unspecified atom stereocenters. The van der Waals surface area contributed by atoms with Crippen LogP contribution in [0.5, 0.6) is 0 Å². The maximum Gasteiger partial charge on any atom is 0.320 e. The van der Waals surface area contributed by atoms with Gasteiger partial charge in [-0.25, -0.2) is 4.79 Å². The van der Waals surface area contributed by atoms with E-state index in [0.717, 1.165) is 5.56 Å². The van der Waals surface area contributed by atoms with Gasteiger partial charge in [-0.3, -0.25) is 9.78 Å². The highest BCUT2D eigenvalue weighted by Crippen LogP contribution is 2.18. The van der Waals surface area contributed by atoms with E-state index in [4.69, 9.17) is 5.11 Å². The SMILES string of the molecule is CN(Cc1cccnc1)C(=O)N1CCC(C(=O)O)CC1. The lowest BCUT2D eigenvalue weighted by Crippen LogP contribution is -2.45. The maximum absolute atomic E-state index is 12.3. The van der Waals surface area contributed by atoms with Crippen LogP contribution in [0.15, 0.2) is 24.5 Å². The Hall–Kier alpha value is -2.11. The van der Waals surface area contributed by atoms with E-state index < -0.39 is 5.97 Å². The molecule has 0 spiro atoms. The summed E-state index contributed by atoms with van der Waals surface area (Å²) in [6.07, 6.45) is 4.49. The second-order valence-corrected chi connectivity index (χ2v) is 5.10. The summed E-state index contributed by atoms with van der Waals surface area (Å²) in [6.45, 7) is 1.52. The van der Waals surface area contributed by atoms with Crippen LogP contribution in [0.4, 0.5) is 4.79 Å². The zero-order chi connectivity index (χ0) is 14.5. The molecule has 1 aliphatic rings. The van der Waals surface area contributed by atoms with E-state index in [2.05, 4.69) is 4.98 Å². The molecule has 1 aromatic rings. The van der Waals surface area contributed by atoms with Crippen molar-refractivity contribution in [2.75, 3.05) is 20.1 Å². The average molecular weight is 277 g/mol. The van der Waals surface area contributed by atoms with Crippen LogP contribution >= 0.6 is 0 Å². The van der Waals surface area contributed by atoms with E-state index in [1.165, 1.54) is 0 Å². The Bertz CT molecular complexity index is 470. The van der Waals surface area contributed by atoms with Gasteiger partial charge in [0.2, 0.25) is 0 Å². The first-order valence-corrected chi connectivity index (χ1v) is 6.69. The summed E-state index contributed by atoms with van der Waals surface area (Å²) in [5.41, 5.74) is 0.976. The number of amides is 2. The molecule has 2 amide bonds. The molecule has 1 fully saturated rings. The number of carboxylic acid groups (broad SMARTS) is 1. The largest absolute Gasteiger partial charge is 0.481 e. The van der Waals surface area contributed by atoms with Crippen LogP contribution < -0.4 is 0 Å². The Morgan fingerprint density at radius 3 is 2.70 bits per heavy atom. The summed E-state index contributed by atoms with van der Waals surface area (Å²) >= 11 is 0. The van der Waals surface area contributed by atoms with Gasteiger partial charge in [0.05, 0.1) is 5.92 Å². The molecule has 20 heavy (non-hydrogen) atoms. The normalized spacial score (nSPS) is 15.9. The first kappa shape index (κ1) is 14.3. The summed E-state index contributed by atoms with van der Waals surface area (Å²) < 4.78 is 0. The lowest BCUT2D eigenvalue weighted by atomic mass is 9.97. The zero-order valence-corrected chi connectivity index (χ0v) is 11.5. The molecule has 6 nitrogen and oxygen atoms in total. The highest BCUT2D eigenvalue weighted by molar-refractivity contribution is 5.75. The number of carbonyl (C=O) groups excluding carboxylic acids is 1. The Morgan fingerprint density at radius 2 is 2.15 bits per heavy atom.